The lowest BCUT2D eigenvalue weighted by Gasteiger charge is -2.72. The molecule has 7 heteroatoms. The van der Waals surface area contributed by atoms with E-state index in [1.165, 1.54) is 39.5 Å². The van der Waals surface area contributed by atoms with Gasteiger partial charge in [0, 0.05) is 36.7 Å². The van der Waals surface area contributed by atoms with Crippen LogP contribution in [0.15, 0.2) is 36.5 Å². The van der Waals surface area contributed by atoms with Crippen LogP contribution in [0.5, 0.6) is 0 Å². The fourth-order valence-corrected chi connectivity index (χ4v) is 8.31. The first-order chi connectivity index (χ1) is 19.2. The third kappa shape index (κ3) is 3.28. The van der Waals surface area contributed by atoms with Gasteiger partial charge in [-0.2, -0.15) is 10.1 Å². The van der Waals surface area contributed by atoms with Crippen molar-refractivity contribution in [3.8, 4) is 11.4 Å². The summed E-state index contributed by atoms with van der Waals surface area (Å²) in [5.41, 5.74) is 9.60. The van der Waals surface area contributed by atoms with Crippen LogP contribution in [-0.2, 0) is 17.7 Å². The molecule has 7 rings (SSSR count). The minimum absolute atomic E-state index is 0.190. The number of aryl methyl sites for hydroxylation is 2. The van der Waals surface area contributed by atoms with E-state index in [1.807, 2.05) is 13.3 Å². The van der Waals surface area contributed by atoms with E-state index < -0.39 is 0 Å². The number of nitrogens with zero attached hydrogens (tertiary/aromatic N) is 5. The molecule has 2 saturated heterocycles. The maximum Gasteiger partial charge on any atom is 0.239 e. The fraction of sp³-hybridized carbons (Fsp3) is 0.485. The fourth-order valence-electron chi connectivity index (χ4n) is 8.31. The molecule has 2 aromatic heterocycles. The van der Waals surface area contributed by atoms with Gasteiger partial charge in [-0.25, -0.2) is 9.47 Å². The molecule has 3 aliphatic heterocycles. The third-order valence-electron chi connectivity index (χ3n) is 10.4. The van der Waals surface area contributed by atoms with E-state index >= 15 is 0 Å². The van der Waals surface area contributed by atoms with Gasteiger partial charge in [-0.05, 0) is 62.4 Å². The molecule has 0 spiro atoms. The van der Waals surface area contributed by atoms with Crippen LogP contribution in [0.4, 0.5) is 11.5 Å². The van der Waals surface area contributed by atoms with Gasteiger partial charge >= 0.3 is 0 Å². The van der Waals surface area contributed by atoms with E-state index in [2.05, 4.69) is 87.0 Å². The number of piperidine rings is 1. The second-order valence-electron chi connectivity index (χ2n) is 12.8. The Morgan fingerprint density at radius 1 is 1.05 bits per heavy atom. The Morgan fingerprint density at radius 3 is 2.50 bits per heavy atom. The van der Waals surface area contributed by atoms with Crippen LogP contribution in [0.2, 0.25) is 0 Å². The zero-order chi connectivity index (χ0) is 28.0. The molecule has 7 nitrogen and oxygen atoms in total. The van der Waals surface area contributed by atoms with Gasteiger partial charge in [0.25, 0.3) is 0 Å². The SMILES string of the molecule is COC12CC(C)[N+]1(c1nc(-c3c(C)ccc4[nH]ncc34)nc3c1CN(c1cc(C(C)C)ccc1C)CC3)C(C)C2. The molecule has 3 aliphatic rings. The minimum Gasteiger partial charge on any atom is -0.366 e. The molecule has 1 N–H and O–H groups in total. The summed E-state index contributed by atoms with van der Waals surface area (Å²) in [6.45, 7) is 15.4. The summed E-state index contributed by atoms with van der Waals surface area (Å²) in [5, 5.41) is 8.57. The van der Waals surface area contributed by atoms with Gasteiger partial charge in [-0.3, -0.25) is 5.10 Å². The van der Waals surface area contributed by atoms with Crippen molar-refractivity contribution < 1.29 is 4.74 Å². The van der Waals surface area contributed by atoms with Crippen molar-refractivity contribution in [3.05, 3.63) is 64.5 Å². The number of rotatable bonds is 5. The van der Waals surface area contributed by atoms with Crippen LogP contribution in [0.3, 0.4) is 0 Å². The second kappa shape index (κ2) is 8.85. The number of aromatic amines is 1. The van der Waals surface area contributed by atoms with E-state index in [0.29, 0.717) is 18.0 Å². The maximum atomic E-state index is 6.35. The highest BCUT2D eigenvalue weighted by atomic mass is 16.5. The van der Waals surface area contributed by atoms with Crippen LogP contribution < -0.4 is 9.38 Å². The minimum atomic E-state index is -0.190. The van der Waals surface area contributed by atoms with Crippen molar-refractivity contribution in [2.24, 2.45) is 0 Å². The summed E-state index contributed by atoms with van der Waals surface area (Å²) in [6.07, 6.45) is 4.94. The number of hydrogen-bond acceptors (Lipinski definition) is 5. The van der Waals surface area contributed by atoms with Crippen molar-refractivity contribution in [2.45, 2.75) is 91.1 Å². The molecule has 2 fully saturated rings. The van der Waals surface area contributed by atoms with Crippen LogP contribution in [0.25, 0.3) is 22.3 Å². The molecule has 5 heterocycles. The van der Waals surface area contributed by atoms with Crippen LogP contribution in [-0.4, -0.2) is 51.6 Å². The number of H-pyrrole nitrogens is 1. The quantitative estimate of drug-likeness (QED) is 0.292. The van der Waals surface area contributed by atoms with Gasteiger partial charge in [0.1, 0.15) is 12.1 Å². The highest BCUT2D eigenvalue weighted by molar-refractivity contribution is 5.94. The summed E-state index contributed by atoms with van der Waals surface area (Å²) in [6, 6.07) is 12.1. The van der Waals surface area contributed by atoms with Gasteiger partial charge < -0.3 is 9.64 Å². The zero-order valence-electron chi connectivity index (χ0n) is 24.9. The van der Waals surface area contributed by atoms with E-state index in [1.54, 1.807) is 0 Å². The van der Waals surface area contributed by atoms with Gasteiger partial charge in [0.15, 0.2) is 5.82 Å². The number of methoxy groups -OCH3 is 1. The second-order valence-corrected chi connectivity index (χ2v) is 12.8. The maximum absolute atomic E-state index is 6.35. The molecule has 0 saturated carbocycles. The van der Waals surface area contributed by atoms with Crippen molar-refractivity contribution in [1.29, 1.82) is 0 Å². The Bertz CT molecular complexity index is 1630. The molecule has 208 valence electrons. The number of ether oxygens (including phenoxy) is 1. The normalized spacial score (nSPS) is 27.4. The predicted molar refractivity (Wildman–Crippen MR) is 162 cm³/mol. The van der Waals surface area contributed by atoms with Crippen molar-refractivity contribution in [1.82, 2.24) is 24.6 Å². The molecule has 40 heavy (non-hydrogen) atoms. The lowest BCUT2D eigenvalue weighted by molar-refractivity contribution is -0.308. The lowest BCUT2D eigenvalue weighted by atomic mass is 9.68. The predicted octanol–water partition coefficient (Wildman–Crippen LogP) is 6.56. The molecule has 2 unspecified atom stereocenters. The van der Waals surface area contributed by atoms with Crippen molar-refractivity contribution in [2.75, 3.05) is 18.6 Å². The lowest BCUT2D eigenvalue weighted by Crippen LogP contribution is -2.92. The zero-order valence-corrected chi connectivity index (χ0v) is 24.9. The summed E-state index contributed by atoms with van der Waals surface area (Å²) >= 11 is 0. The van der Waals surface area contributed by atoms with Crippen LogP contribution in [0, 0.1) is 13.8 Å². The summed E-state index contributed by atoms with van der Waals surface area (Å²) < 4.78 is 7.15. The van der Waals surface area contributed by atoms with Crippen LogP contribution >= 0.6 is 0 Å². The van der Waals surface area contributed by atoms with Crippen LogP contribution in [0.1, 0.15) is 74.4 Å². The molecule has 0 aliphatic carbocycles. The number of anilines is 1. The molecular formula is C33H41N6O+. The highest BCUT2D eigenvalue weighted by Crippen LogP contribution is 2.62. The summed E-state index contributed by atoms with van der Waals surface area (Å²) in [7, 11) is 1.89. The smallest absolute Gasteiger partial charge is 0.239 e. The van der Waals surface area contributed by atoms with Gasteiger partial charge in [-0.15, -0.1) is 0 Å². The summed E-state index contributed by atoms with van der Waals surface area (Å²) in [4.78, 5) is 13.4. The Hall–Kier alpha value is -3.29. The Labute approximate surface area is 237 Å². The number of nitrogens with one attached hydrogen (secondary N) is 1. The molecule has 0 bridgehead atoms. The topological polar surface area (TPSA) is 66.9 Å². The average molecular weight is 538 g/mol. The average Bonchev–Trinajstić information content (AvgIpc) is 3.40. The standard InChI is InChI=1S/C33H41N6O/c1-19(2)24-10-8-20(3)29(14-24)38-13-12-27-26(18-38)32(39-22(5)15-33(39,40-7)16-23(39)6)36-31(35-27)30-21(4)9-11-28-25(30)17-34-37-28/h8-11,14,17,19,22-23H,12-13,15-16,18H2,1-7H3,(H,34,37)/q+1. The van der Waals surface area contributed by atoms with E-state index in [0.717, 1.165) is 59.1 Å². The van der Waals surface area contributed by atoms with Gasteiger partial charge in [0.05, 0.1) is 42.4 Å². The first-order valence-electron chi connectivity index (χ1n) is 14.8. The number of fused-ring (bicyclic) bond motifs is 3. The first-order valence-corrected chi connectivity index (χ1v) is 14.8. The number of hydrogen-bond donors (Lipinski definition) is 1. The molecule has 2 aromatic carbocycles. The Balaban J connectivity index is 1.43. The molecule has 4 aromatic rings. The monoisotopic (exact) mass is 537 g/mol. The number of aromatic nitrogens is 4. The van der Waals surface area contributed by atoms with E-state index in [9.17, 15) is 0 Å². The number of benzene rings is 2. The van der Waals surface area contributed by atoms with Gasteiger partial charge in [-0.1, -0.05) is 32.0 Å². The third-order valence-corrected chi connectivity index (χ3v) is 10.4. The van der Waals surface area contributed by atoms with Gasteiger partial charge in [0.2, 0.25) is 11.5 Å². The first kappa shape index (κ1) is 25.7. The Kier molecular flexibility index (Phi) is 5.68. The highest BCUT2D eigenvalue weighted by Gasteiger charge is 2.78. The molecular weight excluding hydrogens is 496 g/mol. The largest absolute Gasteiger partial charge is 0.366 e. The van der Waals surface area contributed by atoms with E-state index in [4.69, 9.17) is 14.7 Å². The molecule has 0 radical (unpaired) electrons. The molecule has 2 atom stereocenters. The number of quaternary nitrogens is 1. The van der Waals surface area contributed by atoms with Crippen molar-refractivity contribution in [3.63, 3.8) is 0 Å². The molecule has 0 amide bonds. The van der Waals surface area contributed by atoms with Crippen molar-refractivity contribution >= 4 is 22.4 Å². The Morgan fingerprint density at radius 2 is 1.80 bits per heavy atom. The van der Waals surface area contributed by atoms with E-state index in [-0.39, 0.29) is 5.72 Å². The summed E-state index contributed by atoms with van der Waals surface area (Å²) in [5.74, 6) is 2.48.